The first-order chi connectivity index (χ1) is 16.2. The summed E-state index contributed by atoms with van der Waals surface area (Å²) in [5.41, 5.74) is 2.97. The number of rotatable bonds is 6. The van der Waals surface area contributed by atoms with E-state index in [1.807, 2.05) is 18.2 Å². The van der Waals surface area contributed by atoms with E-state index < -0.39 is 0 Å². The van der Waals surface area contributed by atoms with Crippen LogP contribution in [0.15, 0.2) is 60.8 Å². The average Bonchev–Trinajstić information content (AvgIpc) is 3.31. The highest BCUT2D eigenvalue weighted by Crippen LogP contribution is 2.34. The van der Waals surface area contributed by atoms with Crippen LogP contribution in [0.1, 0.15) is 24.6 Å². The van der Waals surface area contributed by atoms with E-state index in [2.05, 4.69) is 20.3 Å². The van der Waals surface area contributed by atoms with Gasteiger partial charge in [-0.05, 0) is 80.5 Å². The van der Waals surface area contributed by atoms with Gasteiger partial charge in [0, 0.05) is 17.7 Å². The zero-order chi connectivity index (χ0) is 22.6. The minimum Gasteiger partial charge on any atom is -0.497 e. The summed E-state index contributed by atoms with van der Waals surface area (Å²) in [6.45, 7) is 1.92. The van der Waals surface area contributed by atoms with Crippen molar-refractivity contribution in [3.8, 4) is 40.2 Å². The predicted octanol–water partition coefficient (Wildman–Crippen LogP) is 4.94. The quantitative estimate of drug-likeness (QED) is 0.437. The molecule has 1 aliphatic rings. The monoisotopic (exact) mass is 445 g/mol. The molecule has 1 aliphatic heterocycles. The normalized spacial score (nSPS) is 14.2. The third kappa shape index (κ3) is 4.70. The van der Waals surface area contributed by atoms with E-state index in [9.17, 15) is 4.39 Å². The van der Waals surface area contributed by atoms with Crippen molar-refractivity contribution in [1.29, 1.82) is 0 Å². The number of H-pyrrole nitrogens is 1. The average molecular weight is 445 g/mol. The van der Waals surface area contributed by atoms with E-state index in [0.29, 0.717) is 17.4 Å². The molecule has 2 N–H and O–H groups in total. The zero-order valence-electron chi connectivity index (χ0n) is 18.2. The molecule has 0 spiro atoms. The Morgan fingerprint density at radius 1 is 0.909 bits per heavy atom. The van der Waals surface area contributed by atoms with E-state index in [0.717, 1.165) is 54.5 Å². The van der Waals surface area contributed by atoms with Gasteiger partial charge in [0.1, 0.15) is 23.1 Å². The fourth-order valence-corrected chi connectivity index (χ4v) is 3.96. The molecule has 0 atom stereocenters. The molecule has 0 unspecified atom stereocenters. The third-order valence-corrected chi connectivity index (χ3v) is 5.72. The SMILES string of the molecule is COc1ccc(Oc2nccc(-c3[nH]c(C4CCNCC4)nc3-c3ccc(F)cc3)n2)cc1. The van der Waals surface area contributed by atoms with Crippen molar-refractivity contribution in [2.24, 2.45) is 0 Å². The minimum absolute atomic E-state index is 0.223. The van der Waals surface area contributed by atoms with Crippen molar-refractivity contribution in [2.45, 2.75) is 18.8 Å². The molecular formula is C25H24FN5O2. The molecule has 4 aromatic rings. The smallest absolute Gasteiger partial charge is 0.322 e. The second-order valence-electron chi connectivity index (χ2n) is 7.88. The summed E-state index contributed by atoms with van der Waals surface area (Å²) in [6.07, 6.45) is 3.66. The second-order valence-corrected chi connectivity index (χ2v) is 7.88. The molecule has 2 aromatic carbocycles. The van der Waals surface area contributed by atoms with Crippen LogP contribution >= 0.6 is 0 Å². The Hall–Kier alpha value is -3.78. The van der Waals surface area contributed by atoms with Gasteiger partial charge in [-0.3, -0.25) is 0 Å². The number of halogens is 1. The van der Waals surface area contributed by atoms with Gasteiger partial charge in [0.2, 0.25) is 0 Å². The van der Waals surface area contributed by atoms with Gasteiger partial charge in [-0.15, -0.1) is 0 Å². The zero-order valence-corrected chi connectivity index (χ0v) is 18.2. The van der Waals surface area contributed by atoms with Crippen LogP contribution in [-0.4, -0.2) is 40.1 Å². The first kappa shape index (κ1) is 21.1. The number of aromatic amines is 1. The minimum atomic E-state index is -0.286. The van der Waals surface area contributed by atoms with Crippen molar-refractivity contribution >= 4 is 0 Å². The summed E-state index contributed by atoms with van der Waals surface area (Å²) in [7, 11) is 1.61. The number of nitrogens with one attached hydrogen (secondary N) is 2. The van der Waals surface area contributed by atoms with Crippen LogP contribution in [0.5, 0.6) is 17.5 Å². The van der Waals surface area contributed by atoms with E-state index in [1.54, 1.807) is 37.6 Å². The fraction of sp³-hybridized carbons (Fsp3) is 0.240. The highest BCUT2D eigenvalue weighted by atomic mass is 19.1. The van der Waals surface area contributed by atoms with Crippen LogP contribution in [0.2, 0.25) is 0 Å². The topological polar surface area (TPSA) is 85.0 Å². The van der Waals surface area contributed by atoms with Gasteiger partial charge in [-0.25, -0.2) is 14.4 Å². The van der Waals surface area contributed by atoms with Crippen LogP contribution in [0.3, 0.4) is 0 Å². The number of hydrogen-bond donors (Lipinski definition) is 2. The first-order valence-electron chi connectivity index (χ1n) is 10.9. The van der Waals surface area contributed by atoms with Gasteiger partial charge in [-0.1, -0.05) is 0 Å². The standard InChI is InChI=1S/C25H24FN5O2/c1-32-19-6-8-20(9-7-19)33-25-28-15-12-21(29-25)23-22(16-2-4-18(26)5-3-16)30-24(31-23)17-10-13-27-14-11-17/h2-9,12,15,17,27H,10-11,13-14H2,1H3,(H,30,31). The molecule has 3 heterocycles. The second kappa shape index (κ2) is 9.38. The Labute approximate surface area is 191 Å². The Balaban J connectivity index is 1.51. The largest absolute Gasteiger partial charge is 0.497 e. The molecule has 8 heteroatoms. The van der Waals surface area contributed by atoms with Crippen molar-refractivity contribution in [1.82, 2.24) is 25.3 Å². The summed E-state index contributed by atoms with van der Waals surface area (Å²) >= 11 is 0. The first-order valence-corrected chi connectivity index (χ1v) is 10.9. The van der Waals surface area contributed by atoms with Gasteiger partial charge in [-0.2, -0.15) is 4.98 Å². The van der Waals surface area contributed by atoms with E-state index in [1.165, 1.54) is 12.1 Å². The van der Waals surface area contributed by atoms with Crippen molar-refractivity contribution in [3.63, 3.8) is 0 Å². The Bertz CT molecular complexity index is 1220. The molecule has 0 aliphatic carbocycles. The van der Waals surface area contributed by atoms with Crippen LogP contribution in [0.25, 0.3) is 22.6 Å². The molecule has 0 saturated carbocycles. The Morgan fingerprint density at radius 2 is 1.64 bits per heavy atom. The molecule has 5 rings (SSSR count). The van der Waals surface area contributed by atoms with Crippen LogP contribution in [0.4, 0.5) is 4.39 Å². The van der Waals surface area contributed by atoms with Gasteiger partial charge in [0.05, 0.1) is 24.2 Å². The maximum Gasteiger partial charge on any atom is 0.322 e. The van der Waals surface area contributed by atoms with Crippen molar-refractivity contribution < 1.29 is 13.9 Å². The molecule has 0 bridgehead atoms. The number of piperidine rings is 1. The fourth-order valence-electron chi connectivity index (χ4n) is 3.96. The number of hydrogen-bond acceptors (Lipinski definition) is 6. The highest BCUT2D eigenvalue weighted by molar-refractivity contribution is 5.76. The lowest BCUT2D eigenvalue weighted by molar-refractivity contribution is 0.410. The molecule has 33 heavy (non-hydrogen) atoms. The van der Waals surface area contributed by atoms with Gasteiger partial charge < -0.3 is 19.8 Å². The van der Waals surface area contributed by atoms with E-state index >= 15 is 0 Å². The van der Waals surface area contributed by atoms with E-state index in [-0.39, 0.29) is 11.8 Å². The summed E-state index contributed by atoms with van der Waals surface area (Å²) in [6, 6.07) is 15.6. The lowest BCUT2D eigenvalue weighted by Gasteiger charge is -2.20. The predicted molar refractivity (Wildman–Crippen MR) is 123 cm³/mol. The highest BCUT2D eigenvalue weighted by Gasteiger charge is 2.23. The van der Waals surface area contributed by atoms with Crippen molar-refractivity contribution in [3.05, 3.63) is 72.4 Å². The Morgan fingerprint density at radius 3 is 2.36 bits per heavy atom. The number of imidazole rings is 1. The maximum atomic E-state index is 13.5. The van der Waals surface area contributed by atoms with Crippen LogP contribution in [0, 0.1) is 5.82 Å². The molecular weight excluding hydrogens is 421 g/mol. The maximum absolute atomic E-state index is 13.5. The summed E-state index contributed by atoms with van der Waals surface area (Å²) < 4.78 is 24.6. The summed E-state index contributed by atoms with van der Waals surface area (Å²) in [4.78, 5) is 17.3. The summed E-state index contributed by atoms with van der Waals surface area (Å²) in [5, 5.41) is 3.38. The molecule has 0 amide bonds. The van der Waals surface area contributed by atoms with Crippen molar-refractivity contribution in [2.75, 3.05) is 20.2 Å². The number of aromatic nitrogens is 4. The molecule has 0 radical (unpaired) electrons. The lowest BCUT2D eigenvalue weighted by Crippen LogP contribution is -2.27. The number of benzene rings is 2. The molecule has 1 fully saturated rings. The molecule has 7 nitrogen and oxygen atoms in total. The van der Waals surface area contributed by atoms with Gasteiger partial charge in [0.15, 0.2) is 0 Å². The molecule has 1 saturated heterocycles. The van der Waals surface area contributed by atoms with Crippen LogP contribution in [-0.2, 0) is 0 Å². The molecule has 168 valence electrons. The third-order valence-electron chi connectivity index (χ3n) is 5.72. The van der Waals surface area contributed by atoms with Crippen LogP contribution < -0.4 is 14.8 Å². The lowest BCUT2D eigenvalue weighted by atomic mass is 9.98. The number of methoxy groups -OCH3 is 1. The van der Waals surface area contributed by atoms with E-state index in [4.69, 9.17) is 14.5 Å². The molecule has 2 aromatic heterocycles. The summed E-state index contributed by atoms with van der Waals surface area (Å²) in [5.74, 6) is 2.31. The van der Waals surface area contributed by atoms with Gasteiger partial charge in [0.25, 0.3) is 0 Å². The number of nitrogens with zero attached hydrogens (tertiary/aromatic N) is 3. The Kier molecular flexibility index (Phi) is 5.99. The van der Waals surface area contributed by atoms with Gasteiger partial charge >= 0.3 is 6.01 Å². The number of ether oxygens (including phenoxy) is 2.